The SMILES string of the molecule is [B]C1(SC)CCC(C(C)C)CC1. The van der Waals surface area contributed by atoms with Crippen molar-refractivity contribution >= 4 is 19.6 Å². The third-order valence-electron chi connectivity index (χ3n) is 3.23. The monoisotopic (exact) mass is 182 g/mol. The largest absolute Gasteiger partial charge is 0.168 e. The second-order valence-electron chi connectivity index (χ2n) is 4.35. The summed E-state index contributed by atoms with van der Waals surface area (Å²) in [7, 11) is 6.18. The zero-order valence-electron chi connectivity index (χ0n) is 8.47. The molecule has 68 valence electrons. The van der Waals surface area contributed by atoms with E-state index < -0.39 is 0 Å². The maximum atomic E-state index is 6.18. The molecule has 0 heterocycles. The summed E-state index contributed by atoms with van der Waals surface area (Å²) in [6.45, 7) is 4.65. The van der Waals surface area contributed by atoms with Gasteiger partial charge in [-0.2, -0.15) is 11.8 Å². The van der Waals surface area contributed by atoms with Gasteiger partial charge in [-0.3, -0.25) is 0 Å². The minimum Gasteiger partial charge on any atom is -0.168 e. The average molecular weight is 182 g/mol. The molecular weight excluding hydrogens is 163 g/mol. The van der Waals surface area contributed by atoms with Gasteiger partial charge in [-0.25, -0.2) is 0 Å². The molecule has 0 amide bonds. The first-order valence-electron chi connectivity index (χ1n) is 4.91. The van der Waals surface area contributed by atoms with E-state index in [9.17, 15) is 0 Å². The van der Waals surface area contributed by atoms with Crippen molar-refractivity contribution in [1.29, 1.82) is 0 Å². The Balaban J connectivity index is 2.39. The maximum absolute atomic E-state index is 6.18. The second kappa shape index (κ2) is 4.08. The van der Waals surface area contributed by atoms with E-state index in [0.717, 1.165) is 11.8 Å². The highest BCUT2D eigenvalue weighted by Gasteiger charge is 2.30. The Hall–Kier alpha value is 0.415. The maximum Gasteiger partial charge on any atom is 0.0893 e. The molecule has 1 aliphatic carbocycles. The van der Waals surface area contributed by atoms with Crippen LogP contribution in [0.25, 0.3) is 0 Å². The lowest BCUT2D eigenvalue weighted by molar-refractivity contribution is 0.273. The molecule has 1 fully saturated rings. The van der Waals surface area contributed by atoms with Crippen LogP contribution in [0, 0.1) is 11.8 Å². The predicted octanol–water partition coefficient (Wildman–Crippen LogP) is 3.06. The summed E-state index contributed by atoms with van der Waals surface area (Å²) in [5.74, 6) is 1.77. The van der Waals surface area contributed by atoms with Crippen LogP contribution in [0.1, 0.15) is 39.5 Å². The van der Waals surface area contributed by atoms with Crippen LogP contribution < -0.4 is 0 Å². The van der Waals surface area contributed by atoms with E-state index >= 15 is 0 Å². The van der Waals surface area contributed by atoms with Gasteiger partial charge in [0.15, 0.2) is 0 Å². The van der Waals surface area contributed by atoms with Gasteiger partial charge in [0.05, 0.1) is 7.85 Å². The normalized spacial score (nSPS) is 37.2. The minimum absolute atomic E-state index is 0.103. The minimum atomic E-state index is 0.103. The first kappa shape index (κ1) is 10.5. The molecule has 1 rings (SSSR count). The van der Waals surface area contributed by atoms with E-state index in [1.807, 2.05) is 11.8 Å². The molecule has 2 radical (unpaired) electrons. The summed E-state index contributed by atoms with van der Waals surface area (Å²) in [6, 6.07) is 0. The summed E-state index contributed by atoms with van der Waals surface area (Å²) in [6.07, 6.45) is 7.20. The molecular formula is C10H19BS. The van der Waals surface area contributed by atoms with Gasteiger partial charge in [-0.1, -0.05) is 13.8 Å². The van der Waals surface area contributed by atoms with Gasteiger partial charge in [-0.05, 0) is 48.4 Å². The molecule has 0 nitrogen and oxygen atoms in total. The number of hydrogen-bond acceptors (Lipinski definition) is 1. The van der Waals surface area contributed by atoms with Crippen molar-refractivity contribution in [1.82, 2.24) is 0 Å². The van der Waals surface area contributed by atoms with Crippen molar-refractivity contribution in [2.45, 2.75) is 44.2 Å². The molecule has 0 aromatic rings. The van der Waals surface area contributed by atoms with Crippen molar-refractivity contribution in [2.75, 3.05) is 6.26 Å². The third-order valence-corrected chi connectivity index (χ3v) is 4.45. The van der Waals surface area contributed by atoms with Crippen LogP contribution in [0.4, 0.5) is 0 Å². The fourth-order valence-corrected chi connectivity index (χ4v) is 2.64. The fourth-order valence-electron chi connectivity index (χ4n) is 2.00. The van der Waals surface area contributed by atoms with E-state index in [4.69, 9.17) is 7.85 Å². The molecule has 0 unspecified atom stereocenters. The zero-order valence-corrected chi connectivity index (χ0v) is 9.29. The van der Waals surface area contributed by atoms with Gasteiger partial charge in [-0.15, -0.1) is 0 Å². The first-order chi connectivity index (χ1) is 5.57. The summed E-state index contributed by atoms with van der Waals surface area (Å²) >= 11 is 1.84. The molecule has 0 aromatic carbocycles. The van der Waals surface area contributed by atoms with Crippen molar-refractivity contribution in [3.8, 4) is 0 Å². The van der Waals surface area contributed by atoms with E-state index in [2.05, 4.69) is 20.1 Å². The van der Waals surface area contributed by atoms with Crippen LogP contribution in [0.2, 0.25) is 0 Å². The van der Waals surface area contributed by atoms with E-state index in [0.29, 0.717) is 0 Å². The zero-order chi connectivity index (χ0) is 9.19. The quantitative estimate of drug-likeness (QED) is 0.591. The van der Waals surface area contributed by atoms with E-state index in [1.54, 1.807) is 0 Å². The van der Waals surface area contributed by atoms with Crippen LogP contribution in [0.5, 0.6) is 0 Å². The molecule has 1 saturated carbocycles. The van der Waals surface area contributed by atoms with Crippen LogP contribution >= 0.6 is 11.8 Å². The van der Waals surface area contributed by atoms with Gasteiger partial charge in [0.25, 0.3) is 0 Å². The molecule has 1 aliphatic rings. The Morgan fingerprint density at radius 3 is 2.17 bits per heavy atom. The van der Waals surface area contributed by atoms with Gasteiger partial charge >= 0.3 is 0 Å². The Labute approximate surface area is 82.3 Å². The van der Waals surface area contributed by atoms with Gasteiger partial charge in [0.2, 0.25) is 0 Å². The lowest BCUT2D eigenvalue weighted by Gasteiger charge is -2.38. The Morgan fingerprint density at radius 1 is 1.33 bits per heavy atom. The van der Waals surface area contributed by atoms with Crippen molar-refractivity contribution in [2.24, 2.45) is 11.8 Å². The smallest absolute Gasteiger partial charge is 0.0893 e. The molecule has 0 aromatic heterocycles. The van der Waals surface area contributed by atoms with Crippen LogP contribution in [-0.4, -0.2) is 18.7 Å². The Kier molecular flexibility index (Phi) is 3.57. The predicted molar refractivity (Wildman–Crippen MR) is 58.8 cm³/mol. The summed E-state index contributed by atoms with van der Waals surface area (Å²) in [5.41, 5.74) is 0. The molecule has 0 saturated heterocycles. The number of rotatable bonds is 2. The summed E-state index contributed by atoms with van der Waals surface area (Å²) < 4.78 is 0.103. The topological polar surface area (TPSA) is 0 Å². The highest BCUT2D eigenvalue weighted by molar-refractivity contribution is 8.01. The van der Waals surface area contributed by atoms with Gasteiger partial charge in [0, 0.05) is 0 Å². The Bertz CT molecular complexity index is 137. The lowest BCUT2D eigenvalue weighted by atomic mass is 9.68. The standard InChI is InChI=1S/C10H19BS/c1-8(2)9-4-6-10(11,12-3)7-5-9/h8-9H,4-7H2,1-3H3. The highest BCUT2D eigenvalue weighted by atomic mass is 32.2. The first-order valence-corrected chi connectivity index (χ1v) is 6.14. The molecule has 0 atom stereocenters. The average Bonchev–Trinajstić information content (AvgIpc) is 2.05. The summed E-state index contributed by atoms with van der Waals surface area (Å²) in [5, 5.41) is 0. The summed E-state index contributed by atoms with van der Waals surface area (Å²) in [4.78, 5) is 0. The molecule has 0 spiro atoms. The van der Waals surface area contributed by atoms with Crippen LogP contribution in [0.3, 0.4) is 0 Å². The highest BCUT2D eigenvalue weighted by Crippen LogP contribution is 2.40. The van der Waals surface area contributed by atoms with Crippen molar-refractivity contribution < 1.29 is 0 Å². The van der Waals surface area contributed by atoms with Crippen LogP contribution in [-0.2, 0) is 0 Å². The van der Waals surface area contributed by atoms with Crippen LogP contribution in [0.15, 0.2) is 0 Å². The van der Waals surface area contributed by atoms with Crippen molar-refractivity contribution in [3.05, 3.63) is 0 Å². The number of thioether (sulfide) groups is 1. The molecule has 0 N–H and O–H groups in total. The fraction of sp³-hybridized carbons (Fsp3) is 1.00. The lowest BCUT2D eigenvalue weighted by Crippen LogP contribution is -2.32. The molecule has 0 bridgehead atoms. The van der Waals surface area contributed by atoms with Gasteiger partial charge in [0.1, 0.15) is 0 Å². The molecule has 2 heteroatoms. The Morgan fingerprint density at radius 2 is 1.83 bits per heavy atom. The molecule has 12 heavy (non-hydrogen) atoms. The van der Waals surface area contributed by atoms with Gasteiger partial charge < -0.3 is 0 Å². The van der Waals surface area contributed by atoms with Crippen molar-refractivity contribution in [3.63, 3.8) is 0 Å². The second-order valence-corrected chi connectivity index (χ2v) is 5.57. The molecule has 0 aliphatic heterocycles. The van der Waals surface area contributed by atoms with E-state index in [-0.39, 0.29) is 4.65 Å². The number of hydrogen-bond donors (Lipinski definition) is 0. The third kappa shape index (κ3) is 2.45. The van der Waals surface area contributed by atoms with E-state index in [1.165, 1.54) is 25.7 Å².